The van der Waals surface area contributed by atoms with E-state index < -0.39 is 5.97 Å². The highest BCUT2D eigenvalue weighted by Gasteiger charge is 2.16. The van der Waals surface area contributed by atoms with Gasteiger partial charge in [-0.05, 0) is 28.8 Å². The van der Waals surface area contributed by atoms with E-state index in [-0.39, 0.29) is 0 Å². The van der Waals surface area contributed by atoms with Gasteiger partial charge in [-0.15, -0.1) is 0 Å². The van der Waals surface area contributed by atoms with Crippen molar-refractivity contribution in [1.82, 2.24) is 4.90 Å². The van der Waals surface area contributed by atoms with Gasteiger partial charge in [-0.2, -0.15) is 0 Å². The van der Waals surface area contributed by atoms with Crippen LogP contribution in [-0.4, -0.2) is 42.3 Å². The summed E-state index contributed by atoms with van der Waals surface area (Å²) in [4.78, 5) is 13.7. The maximum absolute atomic E-state index is 11.5. The van der Waals surface area contributed by atoms with Crippen LogP contribution < -0.4 is 0 Å². The van der Waals surface area contributed by atoms with E-state index in [1.54, 1.807) is 6.07 Å². The van der Waals surface area contributed by atoms with Gasteiger partial charge >= 0.3 is 5.97 Å². The highest BCUT2D eigenvalue weighted by atomic mass is 16.5. The highest BCUT2D eigenvalue weighted by Crippen LogP contribution is 2.24. The van der Waals surface area contributed by atoms with Crippen LogP contribution in [0.5, 0.6) is 0 Å². The summed E-state index contributed by atoms with van der Waals surface area (Å²) >= 11 is 0. The Kier molecular flexibility index (Phi) is 4.51. The fraction of sp³-hybridized carbons (Fsp3) is 0.278. The summed E-state index contributed by atoms with van der Waals surface area (Å²) in [5.41, 5.74) is 3.39. The summed E-state index contributed by atoms with van der Waals surface area (Å²) in [6.45, 7) is 3.75. The molecule has 2 aromatic rings. The number of carbonyl (C=O) groups is 1. The summed E-state index contributed by atoms with van der Waals surface area (Å²) < 4.78 is 5.35. The monoisotopic (exact) mass is 297 g/mol. The van der Waals surface area contributed by atoms with Crippen molar-refractivity contribution in [3.8, 4) is 11.1 Å². The minimum absolute atomic E-state index is 0.381. The molecule has 1 fully saturated rings. The predicted molar refractivity (Wildman–Crippen MR) is 84.9 cm³/mol. The molecule has 0 aromatic heterocycles. The molecular formula is C18H19NO3. The molecule has 1 saturated heterocycles. The normalized spacial score (nSPS) is 15.6. The molecular weight excluding hydrogens is 278 g/mol. The molecule has 0 bridgehead atoms. The first kappa shape index (κ1) is 14.8. The molecule has 2 aromatic carbocycles. The fourth-order valence-corrected chi connectivity index (χ4v) is 2.74. The Bertz CT molecular complexity index is 649. The smallest absolute Gasteiger partial charge is 0.336 e. The molecule has 0 unspecified atom stereocenters. The third-order valence-electron chi connectivity index (χ3n) is 3.94. The topological polar surface area (TPSA) is 49.8 Å². The number of carboxylic acids is 1. The lowest BCUT2D eigenvalue weighted by Gasteiger charge is -2.27. The van der Waals surface area contributed by atoms with E-state index in [1.807, 2.05) is 42.5 Å². The molecule has 0 spiro atoms. The maximum atomic E-state index is 11.5. The molecule has 1 N–H and O–H groups in total. The molecule has 114 valence electrons. The Hall–Kier alpha value is -2.17. The molecule has 1 aliphatic heterocycles. The quantitative estimate of drug-likeness (QED) is 0.942. The van der Waals surface area contributed by atoms with Crippen LogP contribution in [0.1, 0.15) is 15.9 Å². The number of aromatic carboxylic acids is 1. The number of nitrogens with zero attached hydrogens (tertiary/aromatic N) is 1. The number of ether oxygens (including phenoxy) is 1. The van der Waals surface area contributed by atoms with Crippen molar-refractivity contribution in [3.05, 3.63) is 59.7 Å². The van der Waals surface area contributed by atoms with Crippen molar-refractivity contribution < 1.29 is 14.6 Å². The van der Waals surface area contributed by atoms with Crippen LogP contribution in [0, 0.1) is 0 Å². The second-order valence-electron chi connectivity index (χ2n) is 5.43. The highest BCUT2D eigenvalue weighted by molar-refractivity contribution is 5.90. The average Bonchev–Trinajstić information content (AvgIpc) is 2.56. The summed E-state index contributed by atoms with van der Waals surface area (Å²) in [6, 6.07) is 15.6. The van der Waals surface area contributed by atoms with Crippen LogP contribution in [0.15, 0.2) is 48.5 Å². The minimum atomic E-state index is -0.872. The predicted octanol–water partition coefficient (Wildman–Crippen LogP) is 2.88. The van der Waals surface area contributed by atoms with Gasteiger partial charge < -0.3 is 9.84 Å². The van der Waals surface area contributed by atoms with Gasteiger partial charge in [0.25, 0.3) is 0 Å². The van der Waals surface area contributed by atoms with Gasteiger partial charge in [-0.25, -0.2) is 4.79 Å². The zero-order chi connectivity index (χ0) is 15.4. The maximum Gasteiger partial charge on any atom is 0.336 e. The third-order valence-corrected chi connectivity index (χ3v) is 3.94. The van der Waals surface area contributed by atoms with Gasteiger partial charge in [-0.1, -0.05) is 36.4 Å². The largest absolute Gasteiger partial charge is 0.478 e. The minimum Gasteiger partial charge on any atom is -0.478 e. The summed E-state index contributed by atoms with van der Waals surface area (Å²) in [6.07, 6.45) is 0. The number of rotatable bonds is 4. The Morgan fingerprint density at radius 1 is 1.05 bits per heavy atom. The number of hydrogen-bond acceptors (Lipinski definition) is 3. The van der Waals surface area contributed by atoms with Crippen LogP contribution in [0.3, 0.4) is 0 Å². The van der Waals surface area contributed by atoms with E-state index >= 15 is 0 Å². The van der Waals surface area contributed by atoms with Crippen LogP contribution >= 0.6 is 0 Å². The van der Waals surface area contributed by atoms with E-state index in [2.05, 4.69) is 4.90 Å². The molecule has 0 radical (unpaired) electrons. The third kappa shape index (κ3) is 3.35. The van der Waals surface area contributed by atoms with Crippen LogP contribution in [0.4, 0.5) is 0 Å². The van der Waals surface area contributed by atoms with E-state index in [0.717, 1.165) is 29.8 Å². The van der Waals surface area contributed by atoms with E-state index in [4.69, 9.17) is 4.74 Å². The van der Waals surface area contributed by atoms with Crippen molar-refractivity contribution in [2.75, 3.05) is 26.3 Å². The summed E-state index contributed by atoms with van der Waals surface area (Å²) in [5, 5.41) is 9.41. The Balaban J connectivity index is 1.92. The van der Waals surface area contributed by atoms with Gasteiger partial charge in [-0.3, -0.25) is 4.90 Å². The van der Waals surface area contributed by atoms with E-state index in [0.29, 0.717) is 25.3 Å². The van der Waals surface area contributed by atoms with Crippen molar-refractivity contribution in [2.24, 2.45) is 0 Å². The molecule has 1 heterocycles. The first-order chi connectivity index (χ1) is 10.7. The van der Waals surface area contributed by atoms with Crippen molar-refractivity contribution in [1.29, 1.82) is 0 Å². The lowest BCUT2D eigenvalue weighted by molar-refractivity contribution is 0.0339. The lowest BCUT2D eigenvalue weighted by atomic mass is 9.98. The van der Waals surface area contributed by atoms with Gasteiger partial charge in [0.05, 0.1) is 18.8 Å². The fourth-order valence-electron chi connectivity index (χ4n) is 2.74. The molecule has 4 nitrogen and oxygen atoms in total. The Labute approximate surface area is 130 Å². The number of benzene rings is 2. The van der Waals surface area contributed by atoms with Gasteiger partial charge in [0.1, 0.15) is 0 Å². The van der Waals surface area contributed by atoms with Gasteiger partial charge in [0.15, 0.2) is 0 Å². The molecule has 1 aliphatic rings. The van der Waals surface area contributed by atoms with Gasteiger partial charge in [0.2, 0.25) is 0 Å². The second-order valence-corrected chi connectivity index (χ2v) is 5.43. The molecule has 4 heteroatoms. The van der Waals surface area contributed by atoms with Crippen molar-refractivity contribution in [2.45, 2.75) is 6.54 Å². The Morgan fingerprint density at radius 2 is 1.77 bits per heavy atom. The zero-order valence-electron chi connectivity index (χ0n) is 12.4. The second kappa shape index (κ2) is 6.73. The van der Waals surface area contributed by atoms with Crippen LogP contribution in [-0.2, 0) is 11.3 Å². The van der Waals surface area contributed by atoms with E-state index in [9.17, 15) is 9.90 Å². The van der Waals surface area contributed by atoms with Crippen molar-refractivity contribution in [3.63, 3.8) is 0 Å². The van der Waals surface area contributed by atoms with Crippen LogP contribution in [0.25, 0.3) is 11.1 Å². The molecule has 22 heavy (non-hydrogen) atoms. The average molecular weight is 297 g/mol. The molecule has 0 saturated carbocycles. The standard InChI is InChI=1S/C18H19NO3/c20-18(21)17-7-6-15(14-4-2-1-3-5-14)12-16(17)13-19-8-10-22-11-9-19/h1-7,12H,8-11,13H2,(H,20,21). The first-order valence-corrected chi connectivity index (χ1v) is 7.46. The zero-order valence-corrected chi connectivity index (χ0v) is 12.4. The molecule has 0 atom stereocenters. The number of morpholine rings is 1. The Morgan fingerprint density at radius 3 is 2.45 bits per heavy atom. The van der Waals surface area contributed by atoms with Gasteiger partial charge in [0, 0.05) is 19.6 Å². The van der Waals surface area contributed by atoms with Crippen LogP contribution in [0.2, 0.25) is 0 Å². The van der Waals surface area contributed by atoms with Crippen molar-refractivity contribution >= 4 is 5.97 Å². The molecule has 3 rings (SSSR count). The number of hydrogen-bond donors (Lipinski definition) is 1. The van der Waals surface area contributed by atoms with E-state index in [1.165, 1.54) is 0 Å². The number of carboxylic acid groups (broad SMARTS) is 1. The first-order valence-electron chi connectivity index (χ1n) is 7.46. The molecule has 0 amide bonds. The lowest BCUT2D eigenvalue weighted by Crippen LogP contribution is -2.36. The summed E-state index contributed by atoms with van der Waals surface area (Å²) in [7, 11) is 0. The molecule has 0 aliphatic carbocycles. The SMILES string of the molecule is O=C(O)c1ccc(-c2ccccc2)cc1CN1CCOCC1. The summed E-state index contributed by atoms with van der Waals surface area (Å²) in [5.74, 6) is -0.872.